The van der Waals surface area contributed by atoms with E-state index in [-0.39, 0.29) is 41.1 Å². The zero-order valence-electron chi connectivity index (χ0n) is 40.8. The fourth-order valence-electron chi connectivity index (χ4n) is 8.07. The Balaban J connectivity index is 1.40. The number of hydrogen-bond donors (Lipinski definition) is 0. The lowest BCUT2D eigenvalue weighted by Gasteiger charge is -2.27. The number of carbonyl (C=O) groups is 3. The monoisotopic (exact) mass is 966 g/mol. The van der Waals surface area contributed by atoms with Crippen LogP contribution < -0.4 is 14.8 Å². The van der Waals surface area contributed by atoms with Crippen molar-refractivity contribution in [3.05, 3.63) is 82.6 Å². The number of hydrogen-bond acceptors (Lipinski definition) is 15. The number of ketones is 2. The van der Waals surface area contributed by atoms with Gasteiger partial charge in [-0.05, 0) is 60.4 Å². The van der Waals surface area contributed by atoms with Crippen molar-refractivity contribution in [2.24, 2.45) is 0 Å². The minimum Gasteiger partial charge on any atom is -0.744 e. The van der Waals surface area contributed by atoms with E-state index in [1.165, 1.54) is 12.1 Å². The maximum Gasteiger partial charge on any atom is 0.306 e. The maximum absolute atomic E-state index is 12.5. The maximum atomic E-state index is 12.5. The molecule has 2 heterocycles. The molecule has 0 amide bonds. The summed E-state index contributed by atoms with van der Waals surface area (Å²) in [6, 6.07) is 12.7. The molecule has 16 nitrogen and oxygen atoms in total. The van der Waals surface area contributed by atoms with E-state index in [1.54, 1.807) is 20.3 Å². The second-order valence-electron chi connectivity index (χ2n) is 18.4. The van der Waals surface area contributed by atoms with Crippen molar-refractivity contribution >= 4 is 39.4 Å². The number of allylic oxidation sites excluding steroid dienone is 3. The third kappa shape index (κ3) is 15.5. The first-order chi connectivity index (χ1) is 32.4. The van der Waals surface area contributed by atoms with Crippen molar-refractivity contribution < 1.29 is 64.9 Å². The fraction of sp³-hybridized carbons (Fsp3) is 0.569. The number of benzene rings is 2. The summed E-state index contributed by atoms with van der Waals surface area (Å²) in [7, 11) is -1.43. The molecule has 0 atom stereocenters. The van der Waals surface area contributed by atoms with Crippen LogP contribution in [-0.2, 0) is 68.5 Å². The molecule has 0 saturated heterocycles. The number of rotatable bonds is 28. The van der Waals surface area contributed by atoms with Gasteiger partial charge in [-0.2, -0.15) is 0 Å². The zero-order valence-corrected chi connectivity index (χ0v) is 41.6. The van der Waals surface area contributed by atoms with Crippen molar-refractivity contribution in [2.45, 2.75) is 95.0 Å². The minimum atomic E-state index is -4.71. The molecule has 1 aromatic rings. The highest BCUT2D eigenvalue weighted by molar-refractivity contribution is 7.85. The van der Waals surface area contributed by atoms with E-state index >= 15 is 0 Å². The number of esters is 1. The second kappa shape index (κ2) is 25.9. The van der Waals surface area contributed by atoms with Gasteiger partial charge in [0.25, 0.3) is 0 Å². The number of methoxy groups -OCH3 is 2. The van der Waals surface area contributed by atoms with Gasteiger partial charge in [0.05, 0.1) is 63.8 Å². The number of carbonyl (C=O) groups excluding carboxylic acids is 3. The molecule has 0 aromatic heterocycles. The van der Waals surface area contributed by atoms with E-state index in [2.05, 4.69) is 54.5 Å². The van der Waals surface area contributed by atoms with Crippen molar-refractivity contribution in [2.75, 3.05) is 105 Å². The highest BCUT2D eigenvalue weighted by atomic mass is 32.2. The van der Waals surface area contributed by atoms with Crippen LogP contribution in [0.25, 0.3) is 17.4 Å². The average Bonchev–Trinajstić information content (AvgIpc) is 3.71. The van der Waals surface area contributed by atoms with Gasteiger partial charge in [0.15, 0.2) is 24.7 Å². The summed E-state index contributed by atoms with van der Waals surface area (Å²) in [5.41, 5.74) is 3.23. The Bertz CT molecular complexity index is 2340. The largest absolute Gasteiger partial charge is 0.744 e. The molecular formula is C51H70N2O14S. The van der Waals surface area contributed by atoms with Gasteiger partial charge < -0.3 is 47.0 Å². The molecule has 4 aliphatic rings. The number of anilines is 1. The van der Waals surface area contributed by atoms with Crippen molar-refractivity contribution in [1.29, 1.82) is 0 Å². The van der Waals surface area contributed by atoms with Crippen LogP contribution in [0.4, 0.5) is 5.69 Å². The average molecular weight is 967 g/mol. The number of Topliss-reactive ketones (excluding diaryl/α,β-unsaturated/α-hetero) is 2. The first-order valence-electron chi connectivity index (χ1n) is 23.4. The second-order valence-corrected chi connectivity index (χ2v) is 19.7. The highest BCUT2D eigenvalue weighted by Gasteiger charge is 2.40. The number of unbranched alkanes of at least 4 members (excludes halogenated alkanes) is 2. The van der Waals surface area contributed by atoms with Gasteiger partial charge in [0.2, 0.25) is 11.5 Å². The number of fused-ring (bicyclic) bond motifs is 2. The Labute approximate surface area is 401 Å². The molecule has 1 aromatic carbocycles. The predicted molar refractivity (Wildman–Crippen MR) is 256 cm³/mol. The van der Waals surface area contributed by atoms with Crippen LogP contribution in [0.1, 0.15) is 90.0 Å². The lowest BCUT2D eigenvalue weighted by molar-refractivity contribution is -0.157. The summed E-state index contributed by atoms with van der Waals surface area (Å²) in [6.45, 7) is 16.9. The lowest BCUT2D eigenvalue weighted by atomic mass is 9.83. The van der Waals surface area contributed by atoms with Crippen LogP contribution in [-0.4, -0.2) is 137 Å². The molecule has 0 spiro atoms. The van der Waals surface area contributed by atoms with Gasteiger partial charge in [-0.3, -0.25) is 14.4 Å². The predicted octanol–water partition coefficient (Wildman–Crippen LogP) is 5.82. The van der Waals surface area contributed by atoms with Crippen LogP contribution in [0.3, 0.4) is 0 Å². The Kier molecular flexibility index (Phi) is 20.7. The number of nitrogens with zero attached hydrogens (tertiary/aromatic N) is 2. The summed E-state index contributed by atoms with van der Waals surface area (Å²) >= 11 is 0. The van der Waals surface area contributed by atoms with Gasteiger partial charge in [-0.1, -0.05) is 53.2 Å². The molecule has 5 rings (SSSR count). The molecule has 374 valence electrons. The van der Waals surface area contributed by atoms with Gasteiger partial charge in [0.1, 0.15) is 34.9 Å². The summed E-state index contributed by atoms with van der Waals surface area (Å²) in [6.07, 6.45) is 6.84. The van der Waals surface area contributed by atoms with Gasteiger partial charge in [-0.15, -0.1) is 0 Å². The summed E-state index contributed by atoms with van der Waals surface area (Å²) in [5.74, 6) is 0.214. The van der Waals surface area contributed by atoms with Gasteiger partial charge >= 0.3 is 5.97 Å². The van der Waals surface area contributed by atoms with Gasteiger partial charge in [0, 0.05) is 73.9 Å². The van der Waals surface area contributed by atoms with E-state index in [9.17, 15) is 27.4 Å². The number of ether oxygens (including phenoxy) is 7. The summed E-state index contributed by atoms with van der Waals surface area (Å²) in [4.78, 5) is 38.2. The van der Waals surface area contributed by atoms with Crippen LogP contribution in [0.2, 0.25) is 0 Å². The standard InChI is InChI=1S/C51H70N2O14S/c1-50(2,3)47-34-37(40-17-15-38(35-45(40)66-47)52(22-24-62-30-32-64-28-26-60-6)23-25-63-31-33-65-29-27-61-7)12-11-13-46-51(4,5)41-36-39(68(57,58)59)16-18-42(41)53(46)21-10-8-9-14-48(56)67-49-43(54)19-20-44(49)55/h11-13,15-18,34-36,49H,8-10,14,19-33H2,1-7H3. The van der Waals surface area contributed by atoms with E-state index in [0.717, 1.165) is 33.6 Å². The summed E-state index contributed by atoms with van der Waals surface area (Å²) in [5, 5.41) is 0.945. The fourth-order valence-corrected chi connectivity index (χ4v) is 8.57. The third-order valence-electron chi connectivity index (χ3n) is 11.9. The first kappa shape index (κ1) is 54.4. The molecule has 0 unspecified atom stereocenters. The van der Waals surface area contributed by atoms with E-state index in [4.69, 9.17) is 37.6 Å². The molecule has 2 aliphatic heterocycles. The molecule has 0 bridgehead atoms. The minimum absolute atomic E-state index is 0.0727. The van der Waals surface area contributed by atoms with Crippen LogP contribution >= 0.6 is 0 Å². The van der Waals surface area contributed by atoms with Crippen LogP contribution in [0, 0.1) is 0 Å². The molecule has 68 heavy (non-hydrogen) atoms. The lowest BCUT2D eigenvalue weighted by Crippen LogP contribution is -2.36. The van der Waals surface area contributed by atoms with Crippen molar-refractivity contribution in [3.63, 3.8) is 0 Å². The third-order valence-corrected chi connectivity index (χ3v) is 12.7. The quantitative estimate of drug-likeness (QED) is 0.0278. The smallest absolute Gasteiger partial charge is 0.306 e. The molecule has 2 aliphatic carbocycles. The van der Waals surface area contributed by atoms with Crippen molar-refractivity contribution in [3.8, 4) is 11.3 Å². The Hall–Kier alpha value is -4.59. The first-order valence-corrected chi connectivity index (χ1v) is 24.8. The topological polar surface area (TPSA) is 192 Å². The molecule has 17 heteroatoms. The van der Waals surface area contributed by atoms with E-state index in [0.29, 0.717) is 116 Å². The molecule has 1 saturated carbocycles. The molecular weight excluding hydrogens is 897 g/mol. The highest BCUT2D eigenvalue weighted by Crippen LogP contribution is 2.48. The van der Waals surface area contributed by atoms with Crippen LogP contribution in [0.15, 0.2) is 69.6 Å². The SMILES string of the molecule is COCCOCCOCC[N+](CCOCCOCCOC)=c1ccc2c(/C=C/C=C3/N(CCCCCC(=O)OC4C(=O)CCC4=O)c4ccc(S(=O)(=O)[O-])cc4C3(C)C)cc(C(C)(C)C)oc-2c1. The molecule has 1 fully saturated rings. The zero-order chi connectivity index (χ0) is 49.3. The molecule has 0 N–H and O–H groups in total. The molecule has 0 radical (unpaired) electrons. The van der Waals surface area contributed by atoms with E-state index in [1.807, 2.05) is 32.1 Å². The van der Waals surface area contributed by atoms with Crippen molar-refractivity contribution in [1.82, 2.24) is 4.58 Å². The van der Waals surface area contributed by atoms with Gasteiger partial charge in [-0.25, -0.2) is 13.0 Å². The van der Waals surface area contributed by atoms with Crippen LogP contribution in [0.5, 0.6) is 0 Å². The summed E-state index contributed by atoms with van der Waals surface area (Å²) < 4.78 is 83.6. The Morgan fingerprint density at radius 1 is 0.824 bits per heavy atom. The van der Waals surface area contributed by atoms with E-state index < -0.39 is 27.6 Å². The normalized spacial score (nSPS) is 15.9. The Morgan fingerprint density at radius 2 is 1.43 bits per heavy atom. The Morgan fingerprint density at radius 3 is 2.01 bits per heavy atom.